The van der Waals surface area contributed by atoms with Gasteiger partial charge >= 0.3 is 11.9 Å². The Balaban J connectivity index is 2.00. The lowest BCUT2D eigenvalue weighted by Crippen LogP contribution is -2.70. The van der Waals surface area contributed by atoms with Crippen LogP contribution < -0.4 is 5.32 Å². The second-order valence-corrected chi connectivity index (χ2v) is 6.66. The molecule has 2 fully saturated rings. The van der Waals surface area contributed by atoms with Crippen LogP contribution in [0.1, 0.15) is 25.7 Å². The molecule has 2 aliphatic carbocycles. The molecule has 3 rings (SSSR count). The Morgan fingerprint density at radius 3 is 2.55 bits per heavy atom. The van der Waals surface area contributed by atoms with Gasteiger partial charge in [0, 0.05) is 0 Å². The van der Waals surface area contributed by atoms with E-state index in [1.54, 1.807) is 0 Å². The predicted octanol–water partition coefficient (Wildman–Crippen LogP) is 0.777. The van der Waals surface area contributed by atoms with Crippen molar-refractivity contribution in [3.8, 4) is 0 Å². The molecule has 1 saturated carbocycles. The maximum Gasteiger partial charge on any atom is 0.338 e. The summed E-state index contributed by atoms with van der Waals surface area (Å²) in [5.41, 5.74) is -3.37. The first-order valence-corrected chi connectivity index (χ1v) is 7.66. The van der Waals surface area contributed by atoms with Crippen molar-refractivity contribution in [2.45, 2.75) is 36.8 Å². The van der Waals surface area contributed by atoms with Gasteiger partial charge in [-0.2, -0.15) is 0 Å². The highest BCUT2D eigenvalue weighted by Gasteiger charge is 2.64. The minimum Gasteiger partial charge on any atom is -0.481 e. The van der Waals surface area contributed by atoms with Crippen LogP contribution in [0.2, 0.25) is 0 Å². The molecule has 0 aromatic carbocycles. The van der Waals surface area contributed by atoms with E-state index in [1.807, 2.05) is 18.2 Å². The number of aliphatic hydroxyl groups is 1. The van der Waals surface area contributed by atoms with E-state index in [-0.39, 0.29) is 11.8 Å². The number of fused-ring (bicyclic) bond motifs is 2. The smallest absolute Gasteiger partial charge is 0.338 e. The van der Waals surface area contributed by atoms with Crippen LogP contribution in [0.3, 0.4) is 0 Å². The maximum absolute atomic E-state index is 11.8. The van der Waals surface area contributed by atoms with Crippen molar-refractivity contribution >= 4 is 11.9 Å². The number of carboxylic acids is 2. The van der Waals surface area contributed by atoms with Crippen molar-refractivity contribution < 1.29 is 24.9 Å². The average molecular weight is 307 g/mol. The van der Waals surface area contributed by atoms with E-state index < -0.39 is 29.5 Å². The number of carbonyl (C=O) groups is 2. The number of hydrogen-bond donors (Lipinski definition) is 4. The first kappa shape index (κ1) is 15.2. The van der Waals surface area contributed by atoms with Gasteiger partial charge in [0.05, 0.1) is 12.0 Å². The van der Waals surface area contributed by atoms with Crippen molar-refractivity contribution in [3.63, 3.8) is 0 Å². The lowest BCUT2D eigenvalue weighted by molar-refractivity contribution is -0.182. The lowest BCUT2D eigenvalue weighted by Gasteiger charge is -2.52. The van der Waals surface area contributed by atoms with Crippen LogP contribution >= 0.6 is 0 Å². The van der Waals surface area contributed by atoms with Gasteiger partial charge in [-0.25, -0.2) is 4.79 Å². The van der Waals surface area contributed by atoms with Gasteiger partial charge in [-0.05, 0) is 43.6 Å². The second-order valence-electron chi connectivity index (χ2n) is 6.66. The molecule has 0 aromatic rings. The summed E-state index contributed by atoms with van der Waals surface area (Å²) < 4.78 is 0. The van der Waals surface area contributed by atoms with Gasteiger partial charge in [-0.1, -0.05) is 24.3 Å². The highest BCUT2D eigenvalue weighted by molar-refractivity contribution is 5.85. The summed E-state index contributed by atoms with van der Waals surface area (Å²) in [7, 11) is 0. The third kappa shape index (κ3) is 2.09. The molecule has 6 nitrogen and oxygen atoms in total. The number of hydrogen-bond acceptors (Lipinski definition) is 4. The van der Waals surface area contributed by atoms with E-state index in [9.17, 15) is 19.8 Å². The van der Waals surface area contributed by atoms with Crippen LogP contribution in [0.4, 0.5) is 0 Å². The third-order valence-corrected chi connectivity index (χ3v) is 5.62. The number of carboxylic acid groups (broad SMARTS) is 2. The fourth-order valence-corrected chi connectivity index (χ4v) is 4.59. The van der Waals surface area contributed by atoms with Gasteiger partial charge in [0.25, 0.3) is 0 Å². The van der Waals surface area contributed by atoms with Gasteiger partial charge in [0.1, 0.15) is 0 Å². The van der Waals surface area contributed by atoms with Crippen molar-refractivity contribution in [3.05, 3.63) is 24.3 Å². The minimum atomic E-state index is -2.29. The first-order chi connectivity index (χ1) is 10.4. The molecule has 6 heteroatoms. The monoisotopic (exact) mass is 307 g/mol. The Hall–Kier alpha value is -1.66. The van der Waals surface area contributed by atoms with E-state index in [1.165, 1.54) is 0 Å². The van der Waals surface area contributed by atoms with Crippen LogP contribution in [0.5, 0.6) is 0 Å². The molecule has 0 amide bonds. The van der Waals surface area contributed by atoms with Gasteiger partial charge < -0.3 is 20.6 Å². The second kappa shape index (κ2) is 5.21. The summed E-state index contributed by atoms with van der Waals surface area (Å²) in [5, 5.41) is 32.7. The average Bonchev–Trinajstić information content (AvgIpc) is 2.87. The summed E-state index contributed by atoms with van der Waals surface area (Å²) in [6.07, 6.45) is 9.28. The van der Waals surface area contributed by atoms with Gasteiger partial charge in [-0.3, -0.25) is 4.79 Å². The molecule has 0 aromatic heterocycles. The highest BCUT2D eigenvalue weighted by Crippen LogP contribution is 2.52. The topological polar surface area (TPSA) is 107 Å². The third-order valence-electron chi connectivity index (χ3n) is 5.62. The number of aliphatic carboxylic acids is 2. The standard InChI is InChI=1S/C16H21NO5/c18-13(19)9-16(22,14(20)21)15-8-11-4-2-1-3-10(11)7-12(15)5-6-17-15/h1-4,10-12,17,22H,5-9H2,(H,18,19)(H,20,21). The SMILES string of the molecule is O=C(O)CC(O)(C(=O)O)C12CC3C=CC=CC3CC1CCN2. The van der Waals surface area contributed by atoms with E-state index in [0.29, 0.717) is 18.9 Å². The number of nitrogens with one attached hydrogen (secondary N) is 1. The molecule has 5 unspecified atom stereocenters. The molecule has 22 heavy (non-hydrogen) atoms. The lowest BCUT2D eigenvalue weighted by atomic mass is 9.57. The summed E-state index contributed by atoms with van der Waals surface area (Å²) >= 11 is 0. The summed E-state index contributed by atoms with van der Waals surface area (Å²) in [6.45, 7) is 0.604. The quantitative estimate of drug-likeness (QED) is 0.611. The molecule has 0 spiro atoms. The molecular formula is C16H21NO5. The molecule has 1 heterocycles. The molecule has 1 aliphatic heterocycles. The maximum atomic E-state index is 11.8. The number of allylic oxidation sites excluding steroid dienone is 4. The Kier molecular flexibility index (Phi) is 3.61. The Morgan fingerprint density at radius 1 is 1.23 bits per heavy atom. The zero-order valence-corrected chi connectivity index (χ0v) is 12.2. The zero-order chi connectivity index (χ0) is 16.0. The van der Waals surface area contributed by atoms with Crippen molar-refractivity contribution in [2.75, 3.05) is 6.54 Å². The minimum absolute atomic E-state index is 0.0367. The summed E-state index contributed by atoms with van der Waals surface area (Å²) in [6, 6.07) is 0. The van der Waals surface area contributed by atoms with E-state index in [4.69, 9.17) is 5.11 Å². The van der Waals surface area contributed by atoms with Crippen molar-refractivity contribution in [1.82, 2.24) is 5.32 Å². The van der Waals surface area contributed by atoms with E-state index in [2.05, 4.69) is 11.4 Å². The molecule has 5 atom stereocenters. The van der Waals surface area contributed by atoms with E-state index in [0.717, 1.165) is 12.8 Å². The molecule has 4 N–H and O–H groups in total. The molecular weight excluding hydrogens is 286 g/mol. The molecule has 3 aliphatic rings. The normalized spacial score (nSPS) is 38.9. The largest absolute Gasteiger partial charge is 0.481 e. The fourth-order valence-electron chi connectivity index (χ4n) is 4.59. The molecule has 120 valence electrons. The Morgan fingerprint density at radius 2 is 1.91 bits per heavy atom. The Bertz CT molecular complexity index is 557. The number of rotatable bonds is 4. The van der Waals surface area contributed by atoms with Crippen LogP contribution in [0, 0.1) is 17.8 Å². The zero-order valence-electron chi connectivity index (χ0n) is 12.2. The van der Waals surface area contributed by atoms with E-state index >= 15 is 0 Å². The van der Waals surface area contributed by atoms with Crippen LogP contribution in [-0.4, -0.2) is 44.9 Å². The van der Waals surface area contributed by atoms with Gasteiger partial charge in [0.2, 0.25) is 0 Å². The van der Waals surface area contributed by atoms with Crippen LogP contribution in [0.25, 0.3) is 0 Å². The van der Waals surface area contributed by atoms with Gasteiger partial charge in [0.15, 0.2) is 5.60 Å². The molecule has 1 saturated heterocycles. The van der Waals surface area contributed by atoms with Crippen molar-refractivity contribution in [1.29, 1.82) is 0 Å². The summed E-state index contributed by atoms with van der Waals surface area (Å²) in [5.74, 6) is -2.32. The van der Waals surface area contributed by atoms with Gasteiger partial charge in [-0.15, -0.1) is 0 Å². The highest BCUT2D eigenvalue weighted by atomic mass is 16.4. The van der Waals surface area contributed by atoms with Crippen LogP contribution in [0.15, 0.2) is 24.3 Å². The molecule has 0 radical (unpaired) electrons. The fraction of sp³-hybridized carbons (Fsp3) is 0.625. The predicted molar refractivity (Wildman–Crippen MR) is 78.2 cm³/mol. The molecule has 0 bridgehead atoms. The van der Waals surface area contributed by atoms with Crippen LogP contribution in [-0.2, 0) is 9.59 Å². The Labute approximate surface area is 128 Å². The summed E-state index contributed by atoms with van der Waals surface area (Å²) in [4.78, 5) is 22.9. The van der Waals surface area contributed by atoms with Crippen molar-refractivity contribution in [2.24, 2.45) is 17.8 Å². The first-order valence-electron chi connectivity index (χ1n) is 7.66.